The second kappa shape index (κ2) is 4.58. The van der Waals surface area contributed by atoms with Crippen LogP contribution in [-0.2, 0) is 0 Å². The molecule has 0 aliphatic carbocycles. The SMILES string of the molecule is O=C(O)c1cc(-c2nnn[nH]2)c(-c2ccccn2)s1. The molecule has 0 bridgehead atoms. The first-order valence-corrected chi connectivity index (χ1v) is 6.10. The van der Waals surface area contributed by atoms with E-state index >= 15 is 0 Å². The van der Waals surface area contributed by atoms with Crippen LogP contribution in [0.15, 0.2) is 30.5 Å². The number of carboxylic acids is 1. The van der Waals surface area contributed by atoms with Crippen LogP contribution in [0.1, 0.15) is 9.67 Å². The third-order valence-electron chi connectivity index (χ3n) is 2.44. The number of H-pyrrole nitrogens is 1. The Bertz CT molecular complexity index is 708. The van der Waals surface area contributed by atoms with Gasteiger partial charge in [0.2, 0.25) is 0 Å². The topological polar surface area (TPSA) is 105 Å². The van der Waals surface area contributed by atoms with E-state index in [4.69, 9.17) is 5.11 Å². The minimum atomic E-state index is -0.985. The van der Waals surface area contributed by atoms with Crippen LogP contribution in [0.4, 0.5) is 0 Å². The molecule has 0 fully saturated rings. The number of pyridine rings is 1. The Labute approximate surface area is 110 Å². The van der Waals surface area contributed by atoms with E-state index in [0.29, 0.717) is 17.1 Å². The lowest BCUT2D eigenvalue weighted by Gasteiger charge is -1.98. The first-order valence-electron chi connectivity index (χ1n) is 5.28. The van der Waals surface area contributed by atoms with E-state index in [1.165, 1.54) is 0 Å². The quantitative estimate of drug-likeness (QED) is 0.752. The van der Waals surface area contributed by atoms with Crippen LogP contribution in [0.3, 0.4) is 0 Å². The lowest BCUT2D eigenvalue weighted by molar-refractivity contribution is 0.0702. The Morgan fingerprint density at radius 3 is 2.89 bits per heavy atom. The fourth-order valence-electron chi connectivity index (χ4n) is 1.63. The fourth-order valence-corrected chi connectivity index (χ4v) is 2.61. The molecule has 3 rings (SSSR count). The Morgan fingerprint density at radius 2 is 2.26 bits per heavy atom. The van der Waals surface area contributed by atoms with Gasteiger partial charge in [0.05, 0.1) is 10.6 Å². The summed E-state index contributed by atoms with van der Waals surface area (Å²) in [5, 5.41) is 22.5. The average molecular weight is 273 g/mol. The molecule has 2 N–H and O–H groups in total. The van der Waals surface area contributed by atoms with Crippen LogP contribution in [-0.4, -0.2) is 36.7 Å². The Morgan fingerprint density at radius 1 is 1.37 bits per heavy atom. The van der Waals surface area contributed by atoms with Crippen molar-refractivity contribution in [3.63, 3.8) is 0 Å². The summed E-state index contributed by atoms with van der Waals surface area (Å²) in [5.41, 5.74) is 1.32. The smallest absolute Gasteiger partial charge is 0.345 e. The van der Waals surface area contributed by atoms with Gasteiger partial charge in [-0.15, -0.1) is 16.4 Å². The molecule has 19 heavy (non-hydrogen) atoms. The van der Waals surface area contributed by atoms with Crippen LogP contribution < -0.4 is 0 Å². The number of nitrogens with one attached hydrogen (secondary N) is 1. The number of hydrogen-bond acceptors (Lipinski definition) is 6. The first kappa shape index (κ1) is 11.5. The van der Waals surface area contributed by atoms with Gasteiger partial charge in [0.1, 0.15) is 4.88 Å². The van der Waals surface area contributed by atoms with Gasteiger partial charge >= 0.3 is 5.97 Å². The van der Waals surface area contributed by atoms with E-state index in [2.05, 4.69) is 25.6 Å². The van der Waals surface area contributed by atoms with Crippen LogP contribution in [0.2, 0.25) is 0 Å². The minimum Gasteiger partial charge on any atom is -0.477 e. The van der Waals surface area contributed by atoms with Crippen molar-refractivity contribution < 1.29 is 9.90 Å². The summed E-state index contributed by atoms with van der Waals surface area (Å²) in [5.74, 6) is -0.565. The summed E-state index contributed by atoms with van der Waals surface area (Å²) in [6.07, 6.45) is 1.65. The van der Waals surface area contributed by atoms with Crippen molar-refractivity contribution in [3.05, 3.63) is 35.3 Å². The molecule has 0 aliphatic heterocycles. The number of tetrazole rings is 1. The molecule has 0 aliphatic rings. The maximum Gasteiger partial charge on any atom is 0.345 e. The summed E-state index contributed by atoms with van der Waals surface area (Å²) in [4.78, 5) is 16.3. The maximum absolute atomic E-state index is 11.1. The number of carbonyl (C=O) groups is 1. The van der Waals surface area contributed by atoms with Crippen molar-refractivity contribution in [2.24, 2.45) is 0 Å². The lowest BCUT2D eigenvalue weighted by Crippen LogP contribution is -1.90. The van der Waals surface area contributed by atoms with Gasteiger partial charge in [0.15, 0.2) is 5.82 Å². The molecule has 8 heteroatoms. The van der Waals surface area contributed by atoms with E-state index < -0.39 is 5.97 Å². The van der Waals surface area contributed by atoms with E-state index in [0.717, 1.165) is 16.2 Å². The number of hydrogen-bond donors (Lipinski definition) is 2. The van der Waals surface area contributed by atoms with Crippen molar-refractivity contribution in [2.75, 3.05) is 0 Å². The number of aromatic carboxylic acids is 1. The van der Waals surface area contributed by atoms with Crippen LogP contribution in [0, 0.1) is 0 Å². The predicted molar refractivity (Wildman–Crippen MR) is 67.7 cm³/mol. The normalized spacial score (nSPS) is 10.5. The minimum absolute atomic E-state index is 0.215. The highest BCUT2D eigenvalue weighted by molar-refractivity contribution is 7.17. The number of thiophene rings is 1. The number of carboxylic acid groups (broad SMARTS) is 1. The van der Waals surface area contributed by atoms with E-state index in [1.807, 2.05) is 12.1 Å². The zero-order valence-corrected chi connectivity index (χ0v) is 10.3. The van der Waals surface area contributed by atoms with Gasteiger partial charge in [-0.1, -0.05) is 6.07 Å². The molecule has 0 aromatic carbocycles. The Hall–Kier alpha value is -2.61. The summed E-state index contributed by atoms with van der Waals surface area (Å²) in [7, 11) is 0. The number of nitrogens with zero attached hydrogens (tertiary/aromatic N) is 4. The summed E-state index contributed by atoms with van der Waals surface area (Å²) in [6, 6.07) is 6.99. The molecule has 0 amide bonds. The molecule has 0 unspecified atom stereocenters. The van der Waals surface area contributed by atoms with Crippen LogP contribution in [0.5, 0.6) is 0 Å². The van der Waals surface area contributed by atoms with Gasteiger partial charge in [-0.25, -0.2) is 9.89 Å². The highest BCUT2D eigenvalue weighted by atomic mass is 32.1. The molecule has 0 radical (unpaired) electrons. The summed E-state index contributed by atoms with van der Waals surface area (Å²) in [6.45, 7) is 0. The third-order valence-corrected chi connectivity index (χ3v) is 3.59. The van der Waals surface area contributed by atoms with E-state index in [1.54, 1.807) is 18.3 Å². The zero-order valence-electron chi connectivity index (χ0n) is 9.44. The fraction of sp³-hybridized carbons (Fsp3) is 0. The molecule has 3 aromatic rings. The Kier molecular flexibility index (Phi) is 2.76. The number of aromatic amines is 1. The van der Waals surface area contributed by atoms with Gasteiger partial charge in [-0.05, 0) is 28.6 Å². The lowest BCUT2D eigenvalue weighted by atomic mass is 10.2. The van der Waals surface area contributed by atoms with E-state index in [9.17, 15) is 4.79 Å². The average Bonchev–Trinajstić information content (AvgIpc) is 3.08. The van der Waals surface area contributed by atoms with E-state index in [-0.39, 0.29) is 4.88 Å². The van der Waals surface area contributed by atoms with Gasteiger partial charge in [0.25, 0.3) is 0 Å². The van der Waals surface area contributed by atoms with Crippen molar-refractivity contribution in [1.82, 2.24) is 25.6 Å². The van der Waals surface area contributed by atoms with Crippen molar-refractivity contribution in [2.45, 2.75) is 0 Å². The van der Waals surface area contributed by atoms with Crippen molar-refractivity contribution in [3.8, 4) is 22.0 Å². The zero-order chi connectivity index (χ0) is 13.2. The molecular weight excluding hydrogens is 266 g/mol. The largest absolute Gasteiger partial charge is 0.477 e. The van der Waals surface area contributed by atoms with Crippen LogP contribution >= 0.6 is 11.3 Å². The number of aromatic nitrogens is 5. The van der Waals surface area contributed by atoms with Gasteiger partial charge in [0, 0.05) is 11.8 Å². The summed E-state index contributed by atoms with van der Waals surface area (Å²) >= 11 is 1.14. The second-order valence-corrected chi connectivity index (χ2v) is 4.68. The number of rotatable bonds is 3. The third kappa shape index (κ3) is 2.08. The molecule has 7 nitrogen and oxygen atoms in total. The standard InChI is InChI=1S/C11H7N5O2S/c17-11(18)8-5-6(10-13-15-16-14-10)9(19-8)7-3-1-2-4-12-7/h1-5H,(H,17,18)(H,13,14,15,16). The molecule has 3 heterocycles. The molecular formula is C11H7N5O2S. The first-order chi connectivity index (χ1) is 9.25. The second-order valence-electron chi connectivity index (χ2n) is 3.62. The van der Waals surface area contributed by atoms with Crippen molar-refractivity contribution in [1.29, 1.82) is 0 Å². The molecule has 0 atom stereocenters. The Balaban J connectivity index is 2.20. The maximum atomic E-state index is 11.1. The van der Waals surface area contributed by atoms with Crippen molar-refractivity contribution >= 4 is 17.3 Å². The monoisotopic (exact) mass is 273 g/mol. The highest BCUT2D eigenvalue weighted by Crippen LogP contribution is 2.36. The molecule has 94 valence electrons. The molecule has 0 saturated carbocycles. The van der Waals surface area contributed by atoms with Gasteiger partial charge < -0.3 is 5.11 Å². The van der Waals surface area contributed by atoms with Gasteiger partial charge in [-0.2, -0.15) is 0 Å². The predicted octanol–water partition coefficient (Wildman–Crippen LogP) is 1.69. The molecule has 3 aromatic heterocycles. The van der Waals surface area contributed by atoms with Crippen LogP contribution in [0.25, 0.3) is 22.0 Å². The molecule has 0 saturated heterocycles. The molecule has 0 spiro atoms. The van der Waals surface area contributed by atoms with Gasteiger partial charge in [-0.3, -0.25) is 4.98 Å². The summed E-state index contributed by atoms with van der Waals surface area (Å²) < 4.78 is 0. The highest BCUT2D eigenvalue weighted by Gasteiger charge is 2.19.